The number of nitrogens with zero attached hydrogens (tertiary/aromatic N) is 6. The van der Waals surface area contributed by atoms with Gasteiger partial charge < -0.3 is 29.1 Å². The second-order valence-electron chi connectivity index (χ2n) is 34.1. The van der Waals surface area contributed by atoms with Crippen molar-refractivity contribution in [2.75, 3.05) is 0 Å². The molecule has 4 aliphatic rings. The minimum atomic E-state index is -0.131. The molecule has 8 heteroatoms. The molecule has 6 heterocycles. The van der Waals surface area contributed by atoms with Gasteiger partial charge in [-0.1, -0.05) is 255 Å². The fraction of sp³-hybridized carbons (Fsp3) is 0.0492. The molecule has 22 aromatic rings. The van der Waals surface area contributed by atoms with Crippen molar-refractivity contribution in [1.82, 2.24) is 29.1 Å². The smallest absolute Gasteiger partial charge is 0.0541 e. The SMILES string of the molecule is [Ir].[Ir].[c-]1ccc(-c2cccc(-c3ccc4c(c3)C3(Cc5ccccc5C3)c3cc(-c5ccc(-n6c7ccccc7c7ccccc76)cc5)ccc3-4)c2)cc1-c1ccccn1.[c-]1ccc(-c2cccc(-c3ccc4c(c3)C3(Cc5ccccc5C3)c3cc(-c5ccc(-n6c7ccccc7c7ccccc76)cc5)ccc3-4)c2)cc1-c1ccccn1.[c-]1cccnc1-c1[c-]cccn1. The molecule has 6 aromatic heterocycles. The van der Waals surface area contributed by atoms with E-state index in [1.165, 1.54) is 177 Å². The van der Waals surface area contributed by atoms with Gasteiger partial charge in [0, 0.05) is 96.4 Å². The van der Waals surface area contributed by atoms with Gasteiger partial charge >= 0.3 is 0 Å². The van der Waals surface area contributed by atoms with Crippen LogP contribution >= 0.6 is 0 Å². The van der Waals surface area contributed by atoms with Gasteiger partial charge in [0.05, 0.1) is 22.1 Å². The summed E-state index contributed by atoms with van der Waals surface area (Å²) in [5.74, 6) is 0. The summed E-state index contributed by atoms with van der Waals surface area (Å²) in [6.07, 6.45) is 11.1. The molecular formula is C122H80Ir2N6-4. The zero-order chi connectivity index (χ0) is 84.6. The van der Waals surface area contributed by atoms with Crippen LogP contribution in [0.1, 0.15) is 44.5 Å². The van der Waals surface area contributed by atoms with Gasteiger partial charge in [0.15, 0.2) is 0 Å². The molecule has 0 aliphatic heterocycles. The molecule has 0 saturated heterocycles. The first kappa shape index (κ1) is 80.8. The number of pyridine rings is 4. The molecule has 0 fully saturated rings. The Kier molecular flexibility index (Phi) is 21.1. The van der Waals surface area contributed by atoms with Gasteiger partial charge in [-0.2, -0.15) is 12.1 Å². The van der Waals surface area contributed by atoms with Crippen LogP contribution < -0.4 is 0 Å². The summed E-state index contributed by atoms with van der Waals surface area (Å²) in [7, 11) is 0. The van der Waals surface area contributed by atoms with Crippen LogP contribution in [-0.2, 0) is 76.7 Å². The van der Waals surface area contributed by atoms with Gasteiger partial charge in [-0.05, 0) is 269 Å². The third kappa shape index (κ3) is 14.3. The maximum absolute atomic E-state index is 4.57. The Balaban J connectivity index is 0.000000133. The summed E-state index contributed by atoms with van der Waals surface area (Å²) >= 11 is 0. The number of aromatic nitrogens is 6. The molecule has 130 heavy (non-hydrogen) atoms. The Morgan fingerprint density at radius 3 is 0.815 bits per heavy atom. The van der Waals surface area contributed by atoms with Crippen molar-refractivity contribution >= 4 is 43.6 Å². The van der Waals surface area contributed by atoms with Crippen LogP contribution in [0.2, 0.25) is 0 Å². The first-order chi connectivity index (χ1) is 63.4. The molecule has 16 aromatic carbocycles. The molecule has 0 bridgehead atoms. The van der Waals surface area contributed by atoms with E-state index in [9.17, 15) is 0 Å². The third-order valence-electron chi connectivity index (χ3n) is 27.0. The average molecular weight is 2010 g/mol. The number of fused-ring (bicyclic) bond motifs is 18. The molecule has 0 amide bonds. The number of para-hydroxylation sites is 4. The molecule has 0 unspecified atom stereocenters. The van der Waals surface area contributed by atoms with Crippen LogP contribution in [0.25, 0.3) is 178 Å². The van der Waals surface area contributed by atoms with Gasteiger partial charge in [0.2, 0.25) is 0 Å². The van der Waals surface area contributed by atoms with Gasteiger partial charge in [0.25, 0.3) is 0 Å². The fourth-order valence-corrected chi connectivity index (χ4v) is 21.0. The Labute approximate surface area is 783 Å². The normalized spacial score (nSPS) is 13.0. The molecule has 6 nitrogen and oxygen atoms in total. The molecule has 0 saturated carbocycles. The maximum atomic E-state index is 4.57. The third-order valence-corrected chi connectivity index (χ3v) is 27.0. The summed E-state index contributed by atoms with van der Waals surface area (Å²) in [5.41, 5.74) is 44.0. The average Bonchev–Trinajstić information content (AvgIpc) is 1.54. The second-order valence-corrected chi connectivity index (χ2v) is 34.1. The van der Waals surface area contributed by atoms with Crippen LogP contribution in [0.4, 0.5) is 0 Å². The molecule has 26 rings (SSSR count). The van der Waals surface area contributed by atoms with E-state index >= 15 is 0 Å². The largest absolute Gasteiger partial charge is 0.357 e. The molecular weight excluding hydrogens is 1930 g/mol. The summed E-state index contributed by atoms with van der Waals surface area (Å²) in [4.78, 5) is 17.3. The van der Waals surface area contributed by atoms with E-state index in [0.29, 0.717) is 0 Å². The maximum Gasteiger partial charge on any atom is 0.0541 e. The van der Waals surface area contributed by atoms with Crippen molar-refractivity contribution in [2.24, 2.45) is 0 Å². The van der Waals surface area contributed by atoms with Crippen LogP contribution in [-0.4, -0.2) is 29.1 Å². The van der Waals surface area contributed by atoms with E-state index in [0.717, 1.165) is 70.7 Å². The predicted octanol–water partition coefficient (Wildman–Crippen LogP) is 29.2. The summed E-state index contributed by atoms with van der Waals surface area (Å²) in [6, 6.07) is 163. The Bertz CT molecular complexity index is 7430. The van der Waals surface area contributed by atoms with Crippen LogP contribution in [0, 0.1) is 24.3 Å². The zero-order valence-electron chi connectivity index (χ0n) is 70.7. The standard InChI is InChI=1S/2C56H37N2.C10H6N2.2Ir/c2*1-2-12-45-36-56(35-44(45)11-1)51-33-41(37-22-26-46(27-23-37)58-54-20-5-3-17-49(54)50-18-4-6-21-55(50)58)24-28-47(51)48-29-25-42(34-52(48)56)39-14-9-13-38(31-39)40-15-10-16-43(32-40)53-19-7-8-30-57-53;1-3-7-11-9(5-1)10-6-2-4-8-12-10;;/h2*1-15,17-34H,35-36H2;1-4,7-8H;;/q2*-1;-2;;. The molecule has 2 radical (unpaired) electrons. The van der Waals surface area contributed by atoms with Gasteiger partial charge in [0.1, 0.15) is 0 Å². The fourth-order valence-electron chi connectivity index (χ4n) is 21.0. The van der Waals surface area contributed by atoms with Gasteiger partial charge in [-0.25, -0.2) is 12.1 Å². The topological polar surface area (TPSA) is 61.4 Å². The molecule has 0 atom stereocenters. The molecule has 4 aliphatic carbocycles. The van der Waals surface area contributed by atoms with Crippen molar-refractivity contribution in [3.8, 4) is 134 Å². The van der Waals surface area contributed by atoms with Crippen molar-refractivity contribution < 1.29 is 40.2 Å². The summed E-state index contributed by atoms with van der Waals surface area (Å²) in [6.45, 7) is 0. The predicted molar refractivity (Wildman–Crippen MR) is 524 cm³/mol. The van der Waals surface area contributed by atoms with Gasteiger partial charge in [-0.15, -0.1) is 94.3 Å². The van der Waals surface area contributed by atoms with E-state index < -0.39 is 0 Å². The minimum Gasteiger partial charge on any atom is -0.357 e. The molecule has 0 N–H and O–H groups in total. The first-order valence-electron chi connectivity index (χ1n) is 44.0. The number of hydrogen-bond donors (Lipinski definition) is 0. The first-order valence-corrected chi connectivity index (χ1v) is 44.0. The summed E-state index contributed by atoms with van der Waals surface area (Å²) < 4.78 is 4.79. The van der Waals surface area contributed by atoms with Crippen molar-refractivity contribution in [3.63, 3.8) is 0 Å². The van der Waals surface area contributed by atoms with E-state index in [1.807, 2.05) is 85.2 Å². The van der Waals surface area contributed by atoms with Crippen LogP contribution in [0.15, 0.2) is 437 Å². The zero-order valence-corrected chi connectivity index (χ0v) is 75.5. The monoisotopic (exact) mass is 2010 g/mol. The van der Waals surface area contributed by atoms with Crippen molar-refractivity contribution in [3.05, 3.63) is 506 Å². The quantitative estimate of drug-likeness (QED) is 0.121. The number of benzene rings is 16. The van der Waals surface area contributed by atoms with Crippen molar-refractivity contribution in [2.45, 2.75) is 36.5 Å². The van der Waals surface area contributed by atoms with Gasteiger partial charge in [-0.3, -0.25) is 0 Å². The van der Waals surface area contributed by atoms with E-state index in [2.05, 4.69) is 393 Å². The van der Waals surface area contributed by atoms with E-state index in [-0.39, 0.29) is 51.0 Å². The molecule has 2 spiro atoms. The minimum absolute atomic E-state index is 0. The summed E-state index contributed by atoms with van der Waals surface area (Å²) in [5, 5.41) is 5.13. The number of rotatable bonds is 11. The van der Waals surface area contributed by atoms with E-state index in [4.69, 9.17) is 0 Å². The van der Waals surface area contributed by atoms with Crippen LogP contribution in [0.5, 0.6) is 0 Å². The Hall–Kier alpha value is -15.0. The Morgan fingerprint density at radius 2 is 0.500 bits per heavy atom. The second kappa shape index (κ2) is 34.0. The van der Waals surface area contributed by atoms with E-state index in [1.54, 1.807) is 12.4 Å². The number of hydrogen-bond acceptors (Lipinski definition) is 4. The van der Waals surface area contributed by atoms with Crippen LogP contribution in [0.3, 0.4) is 0 Å². The Morgan fingerprint density at radius 1 is 0.215 bits per heavy atom. The van der Waals surface area contributed by atoms with Crippen molar-refractivity contribution in [1.29, 1.82) is 0 Å². The molecule has 620 valence electrons.